The minimum Gasteiger partial charge on any atom is -0.459 e. The van der Waals surface area contributed by atoms with Gasteiger partial charge in [-0.2, -0.15) is 0 Å². The largest absolute Gasteiger partial charge is 0.459 e. The first-order valence-corrected chi connectivity index (χ1v) is 6.92. The quantitative estimate of drug-likeness (QED) is 0.537. The highest BCUT2D eigenvalue weighted by atomic mass is 16.7. The summed E-state index contributed by atoms with van der Waals surface area (Å²) in [6, 6.07) is 0. The van der Waals surface area contributed by atoms with Crippen LogP contribution in [-0.2, 0) is 23.8 Å². The average molecular weight is 268 g/mol. The van der Waals surface area contributed by atoms with E-state index in [-0.39, 0.29) is 0 Å². The lowest BCUT2D eigenvalue weighted by Gasteiger charge is -2.59. The predicted octanol–water partition coefficient (Wildman–Crippen LogP) is 1.93. The first-order valence-electron chi connectivity index (χ1n) is 6.92. The maximum Gasteiger partial charge on any atom is 0.328 e. The Bertz CT molecular complexity index is 432. The fourth-order valence-electron chi connectivity index (χ4n) is 3.34. The van der Waals surface area contributed by atoms with Gasteiger partial charge in [0.2, 0.25) is 6.29 Å². The summed E-state index contributed by atoms with van der Waals surface area (Å²) in [5, 5.41) is 0. The highest BCUT2D eigenvalue weighted by molar-refractivity contribution is 6.03. The topological polar surface area (TPSA) is 61.8 Å². The van der Waals surface area contributed by atoms with Crippen molar-refractivity contribution in [3.63, 3.8) is 0 Å². The highest BCUT2D eigenvalue weighted by Crippen LogP contribution is 2.59. The second kappa shape index (κ2) is 3.72. The van der Waals surface area contributed by atoms with Crippen LogP contribution in [0.3, 0.4) is 0 Å². The third-order valence-electron chi connectivity index (χ3n) is 4.39. The van der Waals surface area contributed by atoms with E-state index in [0.29, 0.717) is 12.8 Å². The number of rotatable bonds is 1. The minimum atomic E-state index is -1.24. The van der Waals surface area contributed by atoms with Crippen LogP contribution >= 0.6 is 0 Å². The molecule has 19 heavy (non-hydrogen) atoms. The van der Waals surface area contributed by atoms with Crippen molar-refractivity contribution in [2.24, 2.45) is 5.41 Å². The fourth-order valence-corrected chi connectivity index (χ4v) is 3.34. The van der Waals surface area contributed by atoms with Crippen molar-refractivity contribution in [3.05, 3.63) is 0 Å². The van der Waals surface area contributed by atoms with Gasteiger partial charge in [0, 0.05) is 6.42 Å². The summed E-state index contributed by atoms with van der Waals surface area (Å²) in [6.45, 7) is 5.40. The molecule has 0 aromatic rings. The second-order valence-electron chi connectivity index (χ2n) is 6.75. The number of carbonyl (C=O) groups excluding carboxylic acids is 2. The maximum absolute atomic E-state index is 12.6. The third-order valence-corrected chi connectivity index (χ3v) is 4.39. The van der Waals surface area contributed by atoms with E-state index in [1.165, 1.54) is 0 Å². The van der Waals surface area contributed by atoms with Gasteiger partial charge in [0.15, 0.2) is 5.41 Å². The van der Waals surface area contributed by atoms with Crippen molar-refractivity contribution < 1.29 is 23.8 Å². The summed E-state index contributed by atoms with van der Waals surface area (Å²) in [5.41, 5.74) is -2.54. The first kappa shape index (κ1) is 12.9. The Kier molecular flexibility index (Phi) is 2.53. The lowest BCUT2D eigenvalue weighted by molar-refractivity contribution is -0.333. The van der Waals surface area contributed by atoms with Crippen LogP contribution in [0.25, 0.3) is 0 Å². The zero-order chi connectivity index (χ0) is 13.9. The van der Waals surface area contributed by atoms with E-state index in [9.17, 15) is 9.59 Å². The van der Waals surface area contributed by atoms with Crippen LogP contribution in [0.5, 0.6) is 0 Å². The van der Waals surface area contributed by atoms with Crippen LogP contribution in [0, 0.1) is 5.41 Å². The molecule has 106 valence electrons. The molecule has 0 aromatic heterocycles. The molecule has 1 aliphatic carbocycles. The summed E-state index contributed by atoms with van der Waals surface area (Å²) < 4.78 is 16.5. The van der Waals surface area contributed by atoms with Gasteiger partial charge in [0.1, 0.15) is 5.60 Å². The molecule has 2 bridgehead atoms. The lowest BCUT2D eigenvalue weighted by Crippen LogP contribution is -2.71. The van der Waals surface area contributed by atoms with Crippen molar-refractivity contribution in [1.29, 1.82) is 0 Å². The number of hydrogen-bond donors (Lipinski definition) is 0. The molecule has 3 aliphatic heterocycles. The Morgan fingerprint density at radius 1 is 1.32 bits per heavy atom. The Morgan fingerprint density at radius 3 is 2.47 bits per heavy atom. The Morgan fingerprint density at radius 2 is 2.00 bits per heavy atom. The van der Waals surface area contributed by atoms with Gasteiger partial charge in [0.25, 0.3) is 0 Å². The molecule has 0 radical (unpaired) electrons. The molecule has 1 saturated carbocycles. The van der Waals surface area contributed by atoms with Crippen LogP contribution in [-0.4, -0.2) is 29.4 Å². The summed E-state index contributed by atoms with van der Waals surface area (Å²) in [6.07, 6.45) is 3.02. The van der Waals surface area contributed by atoms with E-state index in [1.54, 1.807) is 20.8 Å². The van der Waals surface area contributed by atoms with E-state index >= 15 is 0 Å². The van der Waals surface area contributed by atoms with Crippen molar-refractivity contribution in [2.45, 2.75) is 70.4 Å². The van der Waals surface area contributed by atoms with Crippen LogP contribution < -0.4 is 0 Å². The highest BCUT2D eigenvalue weighted by Gasteiger charge is 2.73. The minimum absolute atomic E-state index is 0.455. The monoisotopic (exact) mass is 268 g/mol. The number of ether oxygens (including phenoxy) is 3. The van der Waals surface area contributed by atoms with E-state index in [0.717, 1.165) is 19.3 Å². The van der Waals surface area contributed by atoms with E-state index in [1.807, 2.05) is 0 Å². The molecule has 0 aromatic carbocycles. The molecule has 4 aliphatic rings. The molecule has 0 N–H and O–H groups in total. The van der Waals surface area contributed by atoms with E-state index < -0.39 is 34.8 Å². The predicted molar refractivity (Wildman–Crippen MR) is 65.1 cm³/mol. The van der Waals surface area contributed by atoms with Crippen LogP contribution in [0.15, 0.2) is 0 Å². The number of fused-ring (bicyclic) bond motifs is 2. The zero-order valence-electron chi connectivity index (χ0n) is 11.7. The molecule has 3 heterocycles. The fraction of sp³-hybridized carbons (Fsp3) is 0.857. The SMILES string of the molecule is CC(C)(C)OC(=O)[C@@]12CC[C@@H](OC1=O)OC21CCC1. The van der Waals surface area contributed by atoms with Gasteiger partial charge in [-0.1, -0.05) is 0 Å². The number of carbonyl (C=O) groups is 2. The van der Waals surface area contributed by atoms with Crippen LogP contribution in [0.4, 0.5) is 0 Å². The average Bonchev–Trinajstić information content (AvgIpc) is 2.24. The van der Waals surface area contributed by atoms with Gasteiger partial charge in [-0.25, -0.2) is 0 Å². The molecular formula is C14H20O5. The summed E-state index contributed by atoms with van der Waals surface area (Å²) in [4.78, 5) is 24.9. The second-order valence-corrected chi connectivity index (χ2v) is 6.75. The number of hydrogen-bond acceptors (Lipinski definition) is 5. The van der Waals surface area contributed by atoms with Gasteiger partial charge < -0.3 is 14.2 Å². The molecule has 0 amide bonds. The van der Waals surface area contributed by atoms with Crippen molar-refractivity contribution in [2.75, 3.05) is 0 Å². The lowest BCUT2D eigenvalue weighted by atomic mass is 9.57. The standard InChI is InChI=1S/C14H20O5/c1-12(2,3)19-11(16)14-8-5-9(17-10(14)15)18-13(14)6-4-7-13/h9H,4-8H2,1-3H3/t9-,14+/m0/s1. The van der Waals surface area contributed by atoms with Gasteiger partial charge in [-0.05, 0) is 46.5 Å². The Hall–Kier alpha value is -1.10. The van der Waals surface area contributed by atoms with E-state index in [4.69, 9.17) is 14.2 Å². The Balaban J connectivity index is 1.97. The van der Waals surface area contributed by atoms with Gasteiger partial charge in [-0.15, -0.1) is 0 Å². The molecule has 5 heteroatoms. The van der Waals surface area contributed by atoms with Crippen molar-refractivity contribution in [3.8, 4) is 0 Å². The molecule has 2 atom stereocenters. The molecular weight excluding hydrogens is 248 g/mol. The molecule has 4 rings (SSSR count). The van der Waals surface area contributed by atoms with Gasteiger partial charge in [-0.3, -0.25) is 9.59 Å². The Labute approximate surface area is 112 Å². The van der Waals surface area contributed by atoms with Gasteiger partial charge in [0.05, 0.1) is 5.60 Å². The molecule has 5 nitrogen and oxygen atoms in total. The van der Waals surface area contributed by atoms with Crippen molar-refractivity contribution in [1.82, 2.24) is 0 Å². The summed E-state index contributed by atoms with van der Waals surface area (Å²) in [7, 11) is 0. The smallest absolute Gasteiger partial charge is 0.328 e. The maximum atomic E-state index is 12.6. The van der Waals surface area contributed by atoms with Crippen molar-refractivity contribution >= 4 is 11.9 Å². The van der Waals surface area contributed by atoms with Crippen LogP contribution in [0.1, 0.15) is 52.9 Å². The summed E-state index contributed by atoms with van der Waals surface area (Å²) >= 11 is 0. The summed E-state index contributed by atoms with van der Waals surface area (Å²) in [5.74, 6) is -0.938. The first-order chi connectivity index (χ1) is 8.79. The molecule has 1 spiro atoms. The third kappa shape index (κ3) is 1.64. The molecule has 0 unspecified atom stereocenters. The zero-order valence-corrected chi connectivity index (χ0v) is 11.7. The van der Waals surface area contributed by atoms with Gasteiger partial charge >= 0.3 is 11.9 Å². The molecule has 4 fully saturated rings. The number of esters is 2. The van der Waals surface area contributed by atoms with Crippen LogP contribution in [0.2, 0.25) is 0 Å². The normalized spacial score (nSPS) is 35.7. The van der Waals surface area contributed by atoms with E-state index in [2.05, 4.69) is 0 Å². The molecule has 3 saturated heterocycles.